The first-order chi connectivity index (χ1) is 5.56. The molecule has 13 heavy (non-hydrogen) atoms. The van der Waals surface area contributed by atoms with Crippen LogP contribution in [0.5, 0.6) is 0 Å². The maximum Gasteiger partial charge on any atom is 0.314 e. The van der Waals surface area contributed by atoms with E-state index in [9.17, 15) is 4.57 Å². The van der Waals surface area contributed by atoms with Gasteiger partial charge in [-0.25, -0.2) is 0 Å². The summed E-state index contributed by atoms with van der Waals surface area (Å²) in [6.45, 7) is 11.4. The molecule has 0 heterocycles. The molecular formula is C9H19N2OP. The van der Waals surface area contributed by atoms with E-state index in [1.54, 1.807) is 0 Å². The van der Waals surface area contributed by atoms with E-state index in [1.165, 1.54) is 5.96 Å². The van der Waals surface area contributed by atoms with Gasteiger partial charge in [0.1, 0.15) is 0 Å². The van der Waals surface area contributed by atoms with Crippen LogP contribution in [0.2, 0.25) is 0 Å². The highest BCUT2D eigenvalue weighted by molar-refractivity contribution is 7.80. The lowest BCUT2D eigenvalue weighted by Gasteiger charge is -2.34. The summed E-state index contributed by atoms with van der Waals surface area (Å²) in [6.07, 6.45) is 0. The van der Waals surface area contributed by atoms with Crippen molar-refractivity contribution < 1.29 is 9.35 Å². The zero-order chi connectivity index (χ0) is 10.9. The van der Waals surface area contributed by atoms with Crippen molar-refractivity contribution in [2.45, 2.75) is 51.9 Å². The predicted octanol–water partition coefficient (Wildman–Crippen LogP) is 3.20. The van der Waals surface area contributed by atoms with Crippen molar-refractivity contribution in [2.24, 2.45) is 0 Å². The van der Waals surface area contributed by atoms with Gasteiger partial charge in [-0.05, 0) is 0 Å². The molecule has 0 unspecified atom stereocenters. The lowest BCUT2D eigenvalue weighted by molar-refractivity contribution is 0.00703. The Morgan fingerprint density at radius 3 is 1.46 bits per heavy atom. The molecule has 0 radical (unpaired) electrons. The van der Waals surface area contributed by atoms with E-state index in [0.717, 1.165) is 0 Å². The van der Waals surface area contributed by atoms with Crippen molar-refractivity contribution in [1.82, 2.24) is 0 Å². The average Bonchev–Trinajstić information content (AvgIpc) is 1.82. The second-order valence-electron chi connectivity index (χ2n) is 5.23. The van der Waals surface area contributed by atoms with Gasteiger partial charge in [-0.3, -0.25) is 0 Å². The SMILES string of the molecule is CC(C)(C)P(=O)(C=[N+]=[N-])C(C)(C)C. The minimum Gasteiger partial charge on any atom is -0.361 e. The van der Waals surface area contributed by atoms with E-state index < -0.39 is 7.14 Å². The van der Waals surface area contributed by atoms with Gasteiger partial charge in [0.05, 0.1) is 0 Å². The molecule has 0 spiro atoms. The topological polar surface area (TPSA) is 53.5 Å². The van der Waals surface area contributed by atoms with Gasteiger partial charge in [-0.2, -0.15) is 4.79 Å². The van der Waals surface area contributed by atoms with E-state index in [2.05, 4.69) is 4.79 Å². The number of hydrogen-bond acceptors (Lipinski definition) is 1. The molecule has 0 aliphatic heterocycles. The summed E-state index contributed by atoms with van der Waals surface area (Å²) in [6, 6.07) is 0. The summed E-state index contributed by atoms with van der Waals surface area (Å²) in [5, 5.41) is -0.727. The molecule has 0 rings (SSSR count). The molecule has 0 saturated heterocycles. The summed E-state index contributed by atoms with van der Waals surface area (Å²) < 4.78 is 12.5. The van der Waals surface area contributed by atoms with Gasteiger partial charge in [0.2, 0.25) is 0 Å². The largest absolute Gasteiger partial charge is 0.361 e. The van der Waals surface area contributed by atoms with E-state index >= 15 is 0 Å². The summed E-state index contributed by atoms with van der Waals surface area (Å²) >= 11 is 0. The highest BCUT2D eigenvalue weighted by Gasteiger charge is 2.48. The van der Waals surface area contributed by atoms with Crippen LogP contribution in [0.4, 0.5) is 0 Å². The summed E-state index contributed by atoms with van der Waals surface area (Å²) in [5.74, 6) is 1.22. The van der Waals surface area contributed by atoms with Crippen LogP contribution in [0.1, 0.15) is 41.5 Å². The van der Waals surface area contributed by atoms with E-state index in [4.69, 9.17) is 5.53 Å². The predicted molar refractivity (Wildman–Crippen MR) is 56.8 cm³/mol. The Bertz CT molecular complexity index is 259. The molecular weight excluding hydrogens is 183 g/mol. The Morgan fingerprint density at radius 2 is 1.38 bits per heavy atom. The fraction of sp³-hybridized carbons (Fsp3) is 0.889. The highest BCUT2D eigenvalue weighted by atomic mass is 31.2. The van der Waals surface area contributed by atoms with Crippen LogP contribution in [0, 0.1) is 0 Å². The Morgan fingerprint density at radius 1 is 1.08 bits per heavy atom. The standard InChI is InChI=1S/C9H19N2OP/c1-8(2,3)13(12,7-11-10)9(4,5)6/h7H,1-6H3. The first kappa shape index (κ1) is 12.6. The lowest BCUT2D eigenvalue weighted by atomic mass is 10.2. The van der Waals surface area contributed by atoms with Crippen LogP contribution in [-0.2, 0) is 4.57 Å². The Balaban J connectivity index is 5.49. The molecule has 76 valence electrons. The highest BCUT2D eigenvalue weighted by Crippen LogP contribution is 2.64. The van der Waals surface area contributed by atoms with Crippen molar-refractivity contribution in [3.05, 3.63) is 5.53 Å². The molecule has 4 heteroatoms. The van der Waals surface area contributed by atoms with E-state index in [-0.39, 0.29) is 10.3 Å². The Labute approximate surface area is 80.5 Å². The van der Waals surface area contributed by atoms with Crippen LogP contribution in [0.15, 0.2) is 0 Å². The molecule has 0 N–H and O–H groups in total. The van der Waals surface area contributed by atoms with Crippen molar-refractivity contribution in [3.8, 4) is 0 Å². The molecule has 0 fully saturated rings. The summed E-state index contributed by atoms with van der Waals surface area (Å²) in [4.78, 5) is 2.95. The third-order valence-electron chi connectivity index (χ3n) is 2.21. The van der Waals surface area contributed by atoms with Gasteiger partial charge in [0.15, 0.2) is 7.14 Å². The van der Waals surface area contributed by atoms with E-state index in [0.29, 0.717) is 0 Å². The van der Waals surface area contributed by atoms with Gasteiger partial charge in [-0.1, -0.05) is 41.5 Å². The van der Waals surface area contributed by atoms with Crippen molar-refractivity contribution in [2.75, 3.05) is 0 Å². The van der Waals surface area contributed by atoms with Gasteiger partial charge >= 0.3 is 5.96 Å². The second kappa shape index (κ2) is 3.40. The monoisotopic (exact) mass is 202 g/mol. The van der Waals surface area contributed by atoms with Gasteiger partial charge in [0, 0.05) is 10.3 Å². The van der Waals surface area contributed by atoms with Gasteiger partial charge in [-0.15, -0.1) is 0 Å². The minimum atomic E-state index is -2.63. The first-order valence-electron chi connectivity index (χ1n) is 4.35. The van der Waals surface area contributed by atoms with Crippen LogP contribution in [0.25, 0.3) is 5.53 Å². The van der Waals surface area contributed by atoms with Crippen LogP contribution >= 0.6 is 7.14 Å². The van der Waals surface area contributed by atoms with Crippen molar-refractivity contribution >= 4 is 13.1 Å². The third kappa shape index (κ3) is 2.30. The summed E-state index contributed by atoms with van der Waals surface area (Å²) in [7, 11) is -2.63. The normalized spacial score (nSPS) is 13.7. The molecule has 0 aromatic heterocycles. The van der Waals surface area contributed by atoms with E-state index in [1.807, 2.05) is 41.5 Å². The molecule has 0 bridgehead atoms. The van der Waals surface area contributed by atoms with Crippen molar-refractivity contribution in [3.63, 3.8) is 0 Å². The molecule has 0 aromatic rings. The number of rotatable bonds is 1. The lowest BCUT2D eigenvalue weighted by Crippen LogP contribution is -2.29. The van der Waals surface area contributed by atoms with Gasteiger partial charge in [0.25, 0.3) is 0 Å². The fourth-order valence-corrected chi connectivity index (χ4v) is 4.28. The maximum atomic E-state index is 12.5. The second-order valence-corrected chi connectivity index (χ2v) is 9.46. The first-order valence-corrected chi connectivity index (χ1v) is 6.12. The zero-order valence-electron chi connectivity index (χ0n) is 9.33. The van der Waals surface area contributed by atoms with Crippen molar-refractivity contribution in [1.29, 1.82) is 0 Å². The molecule has 0 saturated carbocycles. The molecule has 0 aromatic carbocycles. The Kier molecular flexibility index (Phi) is 3.30. The van der Waals surface area contributed by atoms with Crippen LogP contribution in [0.3, 0.4) is 0 Å². The fourth-order valence-electron chi connectivity index (χ4n) is 1.43. The van der Waals surface area contributed by atoms with Crippen LogP contribution < -0.4 is 0 Å². The zero-order valence-corrected chi connectivity index (χ0v) is 10.2. The summed E-state index contributed by atoms with van der Waals surface area (Å²) in [5.41, 5.74) is 8.53. The van der Waals surface area contributed by atoms with Gasteiger partial charge < -0.3 is 10.1 Å². The minimum absolute atomic E-state index is 0.364. The molecule has 3 nitrogen and oxygen atoms in total. The molecule has 0 aliphatic carbocycles. The average molecular weight is 202 g/mol. The third-order valence-corrected chi connectivity index (χ3v) is 6.62. The van der Waals surface area contributed by atoms with Crippen LogP contribution in [-0.4, -0.2) is 21.1 Å². The number of nitrogens with zero attached hydrogens (tertiary/aromatic N) is 2. The molecule has 0 amide bonds. The molecule has 0 atom stereocenters. The maximum absolute atomic E-state index is 12.5. The number of hydrogen-bond donors (Lipinski definition) is 0. The quantitative estimate of drug-likeness (QED) is 0.279. The Hall–Kier alpha value is -0.390. The molecule has 0 aliphatic rings. The smallest absolute Gasteiger partial charge is 0.314 e.